The summed E-state index contributed by atoms with van der Waals surface area (Å²) in [4.78, 5) is 11.6. The van der Waals surface area contributed by atoms with Gasteiger partial charge >= 0.3 is 0 Å². The Bertz CT molecular complexity index is 185. The third-order valence-corrected chi connectivity index (χ3v) is 2.65. The quantitative estimate of drug-likeness (QED) is 0.673. The molecule has 0 bridgehead atoms. The summed E-state index contributed by atoms with van der Waals surface area (Å²) in [6.45, 7) is 6.94. The average molecular weight is 184 g/mol. The molecule has 0 aromatic heterocycles. The molecule has 2 nitrogen and oxygen atoms in total. The minimum atomic E-state index is -0.0910. The number of hydrogen-bond acceptors (Lipinski definition) is 2. The molecule has 0 amide bonds. The molecule has 0 unspecified atom stereocenters. The fourth-order valence-electron chi connectivity index (χ4n) is 1.96. The van der Waals surface area contributed by atoms with Gasteiger partial charge in [0.1, 0.15) is 5.78 Å². The van der Waals surface area contributed by atoms with Gasteiger partial charge in [-0.3, -0.25) is 4.79 Å². The van der Waals surface area contributed by atoms with Crippen LogP contribution in [0, 0.1) is 5.92 Å². The smallest absolute Gasteiger partial charge is 0.136 e. The standard InChI is InChI=1S/C11H20O2/c1-4-5-10(12)9-6-7-13-11(2,3)8-9/h9H,4-8H2,1-3H3/t9-/m0/s1. The molecular formula is C11H20O2. The fraction of sp³-hybridized carbons (Fsp3) is 0.909. The van der Waals surface area contributed by atoms with Gasteiger partial charge in [0, 0.05) is 18.9 Å². The summed E-state index contributed by atoms with van der Waals surface area (Å²) in [5, 5.41) is 0. The van der Waals surface area contributed by atoms with Gasteiger partial charge in [0.15, 0.2) is 0 Å². The molecule has 1 fully saturated rings. The minimum absolute atomic E-state index is 0.0910. The first-order valence-corrected chi connectivity index (χ1v) is 5.22. The molecule has 0 aliphatic carbocycles. The maximum absolute atomic E-state index is 11.6. The Morgan fingerprint density at radius 1 is 1.54 bits per heavy atom. The van der Waals surface area contributed by atoms with E-state index in [1.165, 1.54) is 0 Å². The molecule has 0 saturated carbocycles. The van der Waals surface area contributed by atoms with Crippen LogP contribution in [0.25, 0.3) is 0 Å². The second kappa shape index (κ2) is 4.23. The second-order valence-electron chi connectivity index (χ2n) is 4.51. The molecule has 1 atom stereocenters. The number of carbonyl (C=O) groups excluding carboxylic acids is 1. The number of Topliss-reactive ketones (excluding diaryl/α,β-unsaturated/α-hetero) is 1. The zero-order valence-electron chi connectivity index (χ0n) is 8.93. The molecule has 1 aliphatic heterocycles. The van der Waals surface area contributed by atoms with E-state index in [0.717, 1.165) is 32.3 Å². The number of ether oxygens (including phenoxy) is 1. The lowest BCUT2D eigenvalue weighted by molar-refractivity contribution is -0.133. The lowest BCUT2D eigenvalue weighted by Gasteiger charge is -2.34. The van der Waals surface area contributed by atoms with E-state index in [1.54, 1.807) is 0 Å². The predicted molar refractivity (Wildman–Crippen MR) is 52.7 cm³/mol. The lowest BCUT2D eigenvalue weighted by Crippen LogP contribution is -2.36. The third-order valence-electron chi connectivity index (χ3n) is 2.65. The predicted octanol–water partition coefficient (Wildman–Crippen LogP) is 2.56. The Hall–Kier alpha value is -0.370. The molecule has 1 aliphatic rings. The normalized spacial score (nSPS) is 27.2. The molecule has 0 aromatic carbocycles. The summed E-state index contributed by atoms with van der Waals surface area (Å²) in [5.41, 5.74) is -0.0910. The van der Waals surface area contributed by atoms with E-state index in [9.17, 15) is 4.79 Å². The summed E-state index contributed by atoms with van der Waals surface area (Å²) in [5.74, 6) is 0.683. The van der Waals surface area contributed by atoms with Gasteiger partial charge in [-0.2, -0.15) is 0 Å². The van der Waals surface area contributed by atoms with Crippen LogP contribution < -0.4 is 0 Å². The Morgan fingerprint density at radius 3 is 2.77 bits per heavy atom. The van der Waals surface area contributed by atoms with Crippen molar-refractivity contribution in [3.05, 3.63) is 0 Å². The molecular weight excluding hydrogens is 164 g/mol. The van der Waals surface area contributed by atoms with Gasteiger partial charge < -0.3 is 4.74 Å². The van der Waals surface area contributed by atoms with E-state index >= 15 is 0 Å². The molecule has 0 radical (unpaired) electrons. The van der Waals surface area contributed by atoms with Crippen molar-refractivity contribution in [3.8, 4) is 0 Å². The molecule has 1 saturated heterocycles. The topological polar surface area (TPSA) is 26.3 Å². The Kier molecular flexibility index (Phi) is 3.48. The first kappa shape index (κ1) is 10.7. The largest absolute Gasteiger partial charge is 0.376 e. The van der Waals surface area contributed by atoms with Crippen LogP contribution in [-0.2, 0) is 9.53 Å². The maximum Gasteiger partial charge on any atom is 0.136 e. The number of hydrogen-bond donors (Lipinski definition) is 0. The Labute approximate surface area is 80.7 Å². The van der Waals surface area contributed by atoms with E-state index in [0.29, 0.717) is 5.78 Å². The van der Waals surface area contributed by atoms with Crippen molar-refractivity contribution in [1.82, 2.24) is 0 Å². The summed E-state index contributed by atoms with van der Waals surface area (Å²) in [7, 11) is 0. The fourth-order valence-corrected chi connectivity index (χ4v) is 1.96. The molecule has 2 heteroatoms. The molecule has 0 aromatic rings. The van der Waals surface area contributed by atoms with E-state index in [2.05, 4.69) is 20.8 Å². The lowest BCUT2D eigenvalue weighted by atomic mass is 9.84. The van der Waals surface area contributed by atoms with Crippen LogP contribution in [0.5, 0.6) is 0 Å². The van der Waals surface area contributed by atoms with E-state index < -0.39 is 0 Å². The van der Waals surface area contributed by atoms with Crippen molar-refractivity contribution in [1.29, 1.82) is 0 Å². The van der Waals surface area contributed by atoms with Crippen molar-refractivity contribution in [2.45, 2.75) is 52.1 Å². The summed E-state index contributed by atoms with van der Waals surface area (Å²) >= 11 is 0. The molecule has 76 valence electrons. The van der Waals surface area contributed by atoms with Gasteiger partial charge in [0.25, 0.3) is 0 Å². The molecule has 13 heavy (non-hydrogen) atoms. The van der Waals surface area contributed by atoms with E-state index in [-0.39, 0.29) is 11.5 Å². The number of rotatable bonds is 3. The van der Waals surface area contributed by atoms with Crippen LogP contribution in [0.1, 0.15) is 46.5 Å². The van der Waals surface area contributed by atoms with E-state index in [4.69, 9.17) is 4.74 Å². The van der Waals surface area contributed by atoms with Gasteiger partial charge in [0.2, 0.25) is 0 Å². The van der Waals surface area contributed by atoms with Crippen LogP contribution in [0.3, 0.4) is 0 Å². The Morgan fingerprint density at radius 2 is 2.23 bits per heavy atom. The van der Waals surface area contributed by atoms with Crippen LogP contribution in [0.2, 0.25) is 0 Å². The van der Waals surface area contributed by atoms with Gasteiger partial charge in [-0.1, -0.05) is 6.92 Å². The SMILES string of the molecule is CCCC(=O)[C@H]1CCOC(C)(C)C1. The highest BCUT2D eigenvalue weighted by Crippen LogP contribution is 2.29. The molecule has 1 rings (SSSR count). The number of ketones is 1. The monoisotopic (exact) mass is 184 g/mol. The molecule has 0 spiro atoms. The van der Waals surface area contributed by atoms with Crippen molar-refractivity contribution in [2.75, 3.05) is 6.61 Å². The second-order valence-corrected chi connectivity index (χ2v) is 4.51. The van der Waals surface area contributed by atoms with Crippen LogP contribution in [-0.4, -0.2) is 18.0 Å². The van der Waals surface area contributed by atoms with Gasteiger partial charge in [-0.05, 0) is 33.1 Å². The van der Waals surface area contributed by atoms with Gasteiger partial charge in [-0.25, -0.2) is 0 Å². The molecule has 0 N–H and O–H groups in total. The zero-order chi connectivity index (χ0) is 9.90. The van der Waals surface area contributed by atoms with Crippen molar-refractivity contribution in [3.63, 3.8) is 0 Å². The Balaban J connectivity index is 2.47. The summed E-state index contributed by atoms with van der Waals surface area (Å²) in [6, 6.07) is 0. The summed E-state index contributed by atoms with van der Waals surface area (Å²) < 4.78 is 5.57. The van der Waals surface area contributed by atoms with Gasteiger partial charge in [0.05, 0.1) is 5.60 Å². The number of carbonyl (C=O) groups is 1. The average Bonchev–Trinajstić information content (AvgIpc) is 2.03. The van der Waals surface area contributed by atoms with Crippen molar-refractivity contribution >= 4 is 5.78 Å². The highest BCUT2D eigenvalue weighted by atomic mass is 16.5. The minimum Gasteiger partial charge on any atom is -0.376 e. The molecule has 1 heterocycles. The summed E-state index contributed by atoms with van der Waals surface area (Å²) in [6.07, 6.45) is 3.52. The third kappa shape index (κ3) is 3.11. The van der Waals surface area contributed by atoms with Crippen LogP contribution in [0.15, 0.2) is 0 Å². The van der Waals surface area contributed by atoms with E-state index in [1.807, 2.05) is 0 Å². The van der Waals surface area contributed by atoms with Crippen molar-refractivity contribution < 1.29 is 9.53 Å². The first-order chi connectivity index (χ1) is 6.05. The van der Waals surface area contributed by atoms with Gasteiger partial charge in [-0.15, -0.1) is 0 Å². The first-order valence-electron chi connectivity index (χ1n) is 5.22. The van der Waals surface area contributed by atoms with Crippen LogP contribution >= 0.6 is 0 Å². The highest BCUT2D eigenvalue weighted by molar-refractivity contribution is 5.81. The van der Waals surface area contributed by atoms with Crippen LogP contribution in [0.4, 0.5) is 0 Å². The maximum atomic E-state index is 11.6. The highest BCUT2D eigenvalue weighted by Gasteiger charge is 2.31. The van der Waals surface area contributed by atoms with Crippen molar-refractivity contribution in [2.24, 2.45) is 5.92 Å². The zero-order valence-corrected chi connectivity index (χ0v) is 8.93.